The van der Waals surface area contributed by atoms with Crippen LogP contribution in [0.15, 0.2) is 11.1 Å². The molecule has 0 amide bonds. The van der Waals surface area contributed by atoms with Crippen molar-refractivity contribution in [3.05, 3.63) is 11.1 Å². The lowest BCUT2D eigenvalue weighted by molar-refractivity contribution is -0.136. The van der Waals surface area contributed by atoms with Gasteiger partial charge in [-0.05, 0) is 25.8 Å². The van der Waals surface area contributed by atoms with Gasteiger partial charge in [0.15, 0.2) is 0 Å². The number of methoxy groups -OCH3 is 1. The maximum absolute atomic E-state index is 12.9. The Balaban J connectivity index is 2.54. The molecule has 0 radical (unpaired) electrons. The van der Waals surface area contributed by atoms with E-state index in [1.165, 1.54) is 7.11 Å². The van der Waals surface area contributed by atoms with Crippen LogP contribution in [0.25, 0.3) is 0 Å². The van der Waals surface area contributed by atoms with Gasteiger partial charge in [0.2, 0.25) is 0 Å². The summed E-state index contributed by atoms with van der Waals surface area (Å²) in [5.74, 6) is -0.302. The molecule has 1 aliphatic rings. The zero-order chi connectivity index (χ0) is 11.4. The molecule has 1 heterocycles. The summed E-state index contributed by atoms with van der Waals surface area (Å²) in [5.41, 5.74) is 1.58. The summed E-state index contributed by atoms with van der Waals surface area (Å²) in [6, 6.07) is 0. The van der Waals surface area contributed by atoms with Crippen LogP contribution in [0.4, 0.5) is 4.39 Å². The minimum Gasteiger partial charge on any atom is -0.466 e. The molecule has 1 aliphatic heterocycles. The zero-order valence-corrected chi connectivity index (χ0v) is 9.55. The molecule has 1 unspecified atom stereocenters. The minimum absolute atomic E-state index is 0.302. The van der Waals surface area contributed by atoms with E-state index in [9.17, 15) is 9.18 Å². The molecule has 0 aliphatic carbocycles. The van der Waals surface area contributed by atoms with E-state index < -0.39 is 6.17 Å². The summed E-state index contributed by atoms with van der Waals surface area (Å²) in [4.78, 5) is 13.2. The average Bonchev–Trinajstić information content (AvgIpc) is 2.61. The highest BCUT2D eigenvalue weighted by atomic mass is 19.1. The van der Waals surface area contributed by atoms with Crippen molar-refractivity contribution in [2.45, 2.75) is 26.4 Å². The van der Waals surface area contributed by atoms with Crippen LogP contribution in [0.5, 0.6) is 0 Å². The maximum Gasteiger partial charge on any atom is 0.333 e. The summed E-state index contributed by atoms with van der Waals surface area (Å²) in [5, 5.41) is 0. The van der Waals surface area contributed by atoms with E-state index in [2.05, 4.69) is 4.74 Å². The smallest absolute Gasteiger partial charge is 0.333 e. The first-order valence-corrected chi connectivity index (χ1v) is 5.15. The Morgan fingerprint density at radius 2 is 2.20 bits per heavy atom. The standard InChI is InChI=1S/C11H18FNO2/c1-8(9(2)11(14)15-3)6-13-5-4-10(12)7-13/h10H,4-7H2,1-3H3/b9-8-. The molecule has 0 spiro atoms. The molecular formula is C11H18FNO2. The largest absolute Gasteiger partial charge is 0.466 e. The predicted molar refractivity (Wildman–Crippen MR) is 56.3 cm³/mol. The van der Waals surface area contributed by atoms with Crippen molar-refractivity contribution in [2.24, 2.45) is 0 Å². The van der Waals surface area contributed by atoms with Crippen LogP contribution < -0.4 is 0 Å². The first-order chi connectivity index (χ1) is 7.04. The maximum atomic E-state index is 12.9. The highest BCUT2D eigenvalue weighted by molar-refractivity contribution is 5.88. The number of hydrogen-bond donors (Lipinski definition) is 0. The second kappa shape index (κ2) is 5.26. The van der Waals surface area contributed by atoms with Crippen molar-refractivity contribution in [2.75, 3.05) is 26.7 Å². The lowest BCUT2D eigenvalue weighted by Gasteiger charge is -2.16. The number of esters is 1. The van der Waals surface area contributed by atoms with Crippen molar-refractivity contribution < 1.29 is 13.9 Å². The number of ether oxygens (including phenoxy) is 1. The number of hydrogen-bond acceptors (Lipinski definition) is 3. The lowest BCUT2D eigenvalue weighted by Crippen LogP contribution is -2.24. The van der Waals surface area contributed by atoms with Gasteiger partial charge in [0.1, 0.15) is 6.17 Å². The summed E-state index contributed by atoms with van der Waals surface area (Å²) < 4.78 is 17.5. The molecule has 3 nitrogen and oxygen atoms in total. The van der Waals surface area contributed by atoms with E-state index in [4.69, 9.17) is 0 Å². The molecule has 4 heteroatoms. The Morgan fingerprint density at radius 3 is 2.67 bits per heavy atom. The summed E-state index contributed by atoms with van der Waals surface area (Å²) in [7, 11) is 1.37. The number of carbonyl (C=O) groups is 1. The highest BCUT2D eigenvalue weighted by Gasteiger charge is 2.22. The van der Waals surface area contributed by atoms with Crippen molar-refractivity contribution in [1.29, 1.82) is 0 Å². The Kier molecular flexibility index (Phi) is 4.27. The molecule has 0 aromatic heterocycles. The van der Waals surface area contributed by atoms with Crippen molar-refractivity contribution in [3.8, 4) is 0 Å². The molecule has 0 saturated carbocycles. The lowest BCUT2D eigenvalue weighted by atomic mass is 10.1. The molecule has 86 valence electrons. The molecule has 0 bridgehead atoms. The third-order valence-corrected chi connectivity index (χ3v) is 2.81. The fourth-order valence-electron chi connectivity index (χ4n) is 1.71. The van der Waals surface area contributed by atoms with Crippen LogP contribution in [0.2, 0.25) is 0 Å². The first kappa shape index (κ1) is 12.2. The summed E-state index contributed by atoms with van der Waals surface area (Å²) in [6.07, 6.45) is -0.110. The van der Waals surface area contributed by atoms with Crippen LogP contribution in [0, 0.1) is 0 Å². The number of alkyl halides is 1. The Labute approximate surface area is 89.9 Å². The SMILES string of the molecule is COC(=O)/C(C)=C(/C)CN1CCC(F)C1. The van der Waals surface area contributed by atoms with E-state index in [1.807, 2.05) is 11.8 Å². The molecule has 0 aromatic rings. The fourth-order valence-corrected chi connectivity index (χ4v) is 1.71. The van der Waals surface area contributed by atoms with Crippen LogP contribution in [0.1, 0.15) is 20.3 Å². The zero-order valence-electron chi connectivity index (χ0n) is 9.55. The van der Waals surface area contributed by atoms with Crippen LogP contribution in [-0.2, 0) is 9.53 Å². The first-order valence-electron chi connectivity index (χ1n) is 5.15. The van der Waals surface area contributed by atoms with Crippen molar-refractivity contribution >= 4 is 5.97 Å². The van der Waals surface area contributed by atoms with Crippen molar-refractivity contribution in [1.82, 2.24) is 4.90 Å². The quantitative estimate of drug-likeness (QED) is 0.528. The molecular weight excluding hydrogens is 197 g/mol. The van der Waals surface area contributed by atoms with E-state index in [0.717, 1.165) is 12.1 Å². The molecule has 1 fully saturated rings. The van der Waals surface area contributed by atoms with E-state index in [-0.39, 0.29) is 5.97 Å². The van der Waals surface area contributed by atoms with Gasteiger partial charge in [-0.15, -0.1) is 0 Å². The molecule has 1 rings (SSSR count). The van der Waals surface area contributed by atoms with Gasteiger partial charge in [-0.3, -0.25) is 4.90 Å². The molecule has 1 saturated heterocycles. The van der Waals surface area contributed by atoms with Gasteiger partial charge >= 0.3 is 5.97 Å². The van der Waals surface area contributed by atoms with Crippen LogP contribution >= 0.6 is 0 Å². The third-order valence-electron chi connectivity index (χ3n) is 2.81. The second-order valence-corrected chi connectivity index (χ2v) is 4.02. The topological polar surface area (TPSA) is 29.5 Å². The number of rotatable bonds is 3. The predicted octanol–water partition coefficient (Wildman–Crippen LogP) is 1.54. The Morgan fingerprint density at radius 1 is 1.53 bits per heavy atom. The van der Waals surface area contributed by atoms with E-state index in [1.54, 1.807) is 6.92 Å². The van der Waals surface area contributed by atoms with Gasteiger partial charge in [-0.2, -0.15) is 0 Å². The number of likely N-dealkylation sites (tertiary alicyclic amines) is 1. The monoisotopic (exact) mass is 215 g/mol. The van der Waals surface area contributed by atoms with Crippen molar-refractivity contribution in [3.63, 3.8) is 0 Å². The van der Waals surface area contributed by atoms with Gasteiger partial charge in [0, 0.05) is 25.2 Å². The van der Waals surface area contributed by atoms with Gasteiger partial charge in [-0.1, -0.05) is 0 Å². The highest BCUT2D eigenvalue weighted by Crippen LogP contribution is 2.15. The van der Waals surface area contributed by atoms with Crippen LogP contribution in [0.3, 0.4) is 0 Å². The van der Waals surface area contributed by atoms with E-state index >= 15 is 0 Å². The summed E-state index contributed by atoms with van der Waals surface area (Å²) >= 11 is 0. The van der Waals surface area contributed by atoms with Gasteiger partial charge in [0.25, 0.3) is 0 Å². The molecule has 0 N–H and O–H groups in total. The average molecular weight is 215 g/mol. The van der Waals surface area contributed by atoms with E-state index in [0.29, 0.717) is 25.1 Å². The minimum atomic E-state index is -0.712. The summed E-state index contributed by atoms with van der Waals surface area (Å²) in [6.45, 7) is 5.53. The molecule has 1 atom stereocenters. The number of halogens is 1. The van der Waals surface area contributed by atoms with Crippen LogP contribution in [-0.4, -0.2) is 43.8 Å². The number of carbonyl (C=O) groups excluding carboxylic acids is 1. The Bertz CT molecular complexity index is 276. The van der Waals surface area contributed by atoms with Gasteiger partial charge in [-0.25, -0.2) is 9.18 Å². The molecule has 15 heavy (non-hydrogen) atoms. The molecule has 0 aromatic carbocycles. The third kappa shape index (κ3) is 3.30. The fraction of sp³-hybridized carbons (Fsp3) is 0.727. The van der Waals surface area contributed by atoms with Gasteiger partial charge < -0.3 is 4.74 Å². The Hall–Kier alpha value is -0.900. The second-order valence-electron chi connectivity index (χ2n) is 4.02. The van der Waals surface area contributed by atoms with Gasteiger partial charge in [0.05, 0.1) is 7.11 Å². The number of nitrogens with zero attached hydrogens (tertiary/aromatic N) is 1. The normalized spacial score (nSPS) is 23.9.